The Bertz CT molecular complexity index is 2910. The van der Waals surface area contributed by atoms with Crippen LogP contribution in [0.2, 0.25) is 0 Å². The number of hydrogen-bond acceptors (Lipinski definition) is 18. The number of benzene rings is 6. The maximum Gasteiger partial charge on any atom is 0.305 e. The normalized spacial score (nSPS) is 25.2. The molecule has 10 rings (SSSR count). The zero-order valence-electron chi connectivity index (χ0n) is 32.1. The quantitative estimate of drug-likeness (QED) is 0.110. The van der Waals surface area contributed by atoms with Gasteiger partial charge in [-0.25, -0.2) is 0 Å². The fourth-order valence-electron chi connectivity index (χ4n) is 9.31. The van der Waals surface area contributed by atoms with Crippen molar-refractivity contribution in [2.75, 3.05) is 0 Å². The maximum atomic E-state index is 12.7. The van der Waals surface area contributed by atoms with Crippen LogP contribution in [0.15, 0.2) is 78.9 Å². The molecule has 18 nitrogen and oxygen atoms in total. The highest BCUT2D eigenvalue weighted by molar-refractivity contribution is 5.72. The lowest BCUT2D eigenvalue weighted by atomic mass is 9.72. The monoisotopic (exact) mass is 864 g/mol. The van der Waals surface area contributed by atoms with Crippen molar-refractivity contribution in [3.63, 3.8) is 0 Å². The number of fused-ring (bicyclic) bond motifs is 9. The third-order valence-corrected chi connectivity index (χ3v) is 12.2. The Morgan fingerprint density at radius 3 is 1.67 bits per heavy atom. The van der Waals surface area contributed by atoms with Crippen LogP contribution in [0.5, 0.6) is 86.2 Å². The van der Waals surface area contributed by atoms with Crippen LogP contribution in [-0.2, 0) is 12.2 Å². The Labute approximate surface area is 354 Å². The van der Waals surface area contributed by atoms with E-state index in [1.807, 2.05) is 0 Å². The molecule has 0 aliphatic carbocycles. The first-order chi connectivity index (χ1) is 30.0. The first-order valence-corrected chi connectivity index (χ1v) is 19.3. The summed E-state index contributed by atoms with van der Waals surface area (Å²) >= 11 is 0. The summed E-state index contributed by atoms with van der Waals surface area (Å²) in [7, 11) is 0. The summed E-state index contributed by atoms with van der Waals surface area (Å²) in [6.07, 6.45) is -8.07. The van der Waals surface area contributed by atoms with Gasteiger partial charge in [-0.3, -0.25) is 0 Å². The Morgan fingerprint density at radius 1 is 0.460 bits per heavy atom. The van der Waals surface area contributed by atoms with Crippen molar-refractivity contribution in [3.05, 3.63) is 123 Å². The molecule has 4 aliphatic heterocycles. The van der Waals surface area contributed by atoms with E-state index in [9.17, 15) is 71.5 Å². The minimum Gasteiger partial charge on any atom is -0.508 e. The largest absolute Gasteiger partial charge is 0.508 e. The molecule has 0 saturated heterocycles. The molecule has 6 aromatic carbocycles. The second kappa shape index (κ2) is 13.6. The van der Waals surface area contributed by atoms with Crippen LogP contribution in [0, 0.1) is 0 Å². The van der Waals surface area contributed by atoms with E-state index >= 15 is 0 Å². The molecule has 0 saturated carbocycles. The fourth-order valence-corrected chi connectivity index (χ4v) is 9.31. The summed E-state index contributed by atoms with van der Waals surface area (Å²) in [6.45, 7) is 0. The van der Waals surface area contributed by atoms with Crippen LogP contribution in [0.4, 0.5) is 0 Å². The summed E-state index contributed by atoms with van der Waals surface area (Å²) < 4.78 is 25.3. The molecule has 8 atom stereocenters. The molecule has 2 bridgehead atoms. The van der Waals surface area contributed by atoms with E-state index < -0.39 is 117 Å². The molecule has 4 heterocycles. The molecule has 324 valence electrons. The van der Waals surface area contributed by atoms with Crippen molar-refractivity contribution in [1.29, 1.82) is 0 Å². The Morgan fingerprint density at radius 2 is 1.03 bits per heavy atom. The highest BCUT2D eigenvalue weighted by Gasteiger charge is 2.61. The minimum absolute atomic E-state index is 0.0246. The van der Waals surface area contributed by atoms with Gasteiger partial charge in [0.2, 0.25) is 0 Å². The van der Waals surface area contributed by atoms with Gasteiger partial charge in [-0.2, -0.15) is 0 Å². The number of rotatable bonds is 4. The van der Waals surface area contributed by atoms with Gasteiger partial charge in [0.05, 0.1) is 17.9 Å². The molecule has 0 unspecified atom stereocenters. The Hall–Kier alpha value is -7.80. The molecular weight excluding hydrogens is 828 g/mol. The van der Waals surface area contributed by atoms with Crippen molar-refractivity contribution in [2.45, 2.75) is 54.6 Å². The molecule has 0 spiro atoms. The molecule has 4 aliphatic rings. The molecule has 6 aromatic rings. The van der Waals surface area contributed by atoms with E-state index in [-0.39, 0.29) is 68.4 Å². The van der Waals surface area contributed by atoms with Crippen LogP contribution in [-0.4, -0.2) is 89.8 Å². The number of phenols is 11. The topological polar surface area (TPSA) is 320 Å². The van der Waals surface area contributed by atoms with Crippen LogP contribution < -0.4 is 18.9 Å². The highest BCUT2D eigenvalue weighted by Crippen LogP contribution is 2.65. The standard InChI is InChI=1S/C45H36O18/c46-18-10-27(54)33-30(11-18)60-42(16-2-5-21(48)25(52)8-16)40(58)37(33)34-28(55)14-31-35(39(34)57)38-36-32(63-45(62-31,44(38)59)17-3-6-22(49)26(53)9-17)13-23(50)19-12-29(56)41(61-43(19)36)15-1-4-20(47)24(51)7-15/h1-11,13-14,29,37-38,40-42,44,46-59H,12H2/t29-,37-,38+,40+,41+,42+,44+,45-/m0/s1. The Balaban J connectivity index is 1.22. The van der Waals surface area contributed by atoms with Crippen molar-refractivity contribution in [3.8, 4) is 86.2 Å². The van der Waals surface area contributed by atoms with E-state index in [2.05, 4.69) is 0 Å². The van der Waals surface area contributed by atoms with Crippen molar-refractivity contribution in [1.82, 2.24) is 0 Å². The summed E-state index contributed by atoms with van der Waals surface area (Å²) in [6, 6.07) is 15.0. The minimum atomic E-state index is -2.36. The average Bonchev–Trinajstić information content (AvgIpc) is 3.22. The zero-order valence-corrected chi connectivity index (χ0v) is 32.1. The van der Waals surface area contributed by atoms with Crippen LogP contribution in [0.25, 0.3) is 0 Å². The number of aromatic hydroxyl groups is 11. The van der Waals surface area contributed by atoms with E-state index in [1.165, 1.54) is 30.3 Å². The van der Waals surface area contributed by atoms with Gasteiger partial charge < -0.3 is 90.4 Å². The molecule has 0 fully saturated rings. The molecule has 0 amide bonds. The summed E-state index contributed by atoms with van der Waals surface area (Å²) in [4.78, 5) is 0. The van der Waals surface area contributed by atoms with Crippen LogP contribution >= 0.6 is 0 Å². The second-order valence-electron chi connectivity index (χ2n) is 15.9. The summed E-state index contributed by atoms with van der Waals surface area (Å²) in [5, 5.41) is 156. The van der Waals surface area contributed by atoms with Gasteiger partial charge in [0.15, 0.2) is 40.6 Å². The van der Waals surface area contributed by atoms with Crippen molar-refractivity contribution in [2.24, 2.45) is 0 Å². The first-order valence-electron chi connectivity index (χ1n) is 19.3. The van der Waals surface area contributed by atoms with Gasteiger partial charge >= 0.3 is 5.79 Å². The van der Waals surface area contributed by atoms with E-state index in [1.54, 1.807) is 0 Å². The molecule has 18 heteroatoms. The molecule has 63 heavy (non-hydrogen) atoms. The summed E-state index contributed by atoms with van der Waals surface area (Å²) in [5.74, 6) is -12.7. The van der Waals surface area contributed by atoms with Crippen LogP contribution in [0.1, 0.15) is 68.6 Å². The van der Waals surface area contributed by atoms with Gasteiger partial charge in [-0.1, -0.05) is 12.1 Å². The fraction of sp³-hybridized carbons (Fsp3) is 0.200. The Kier molecular flexibility index (Phi) is 8.49. The van der Waals surface area contributed by atoms with Gasteiger partial charge in [0.1, 0.15) is 70.1 Å². The molecular formula is C45H36O18. The van der Waals surface area contributed by atoms with Crippen molar-refractivity contribution >= 4 is 0 Å². The number of hydrogen-bond donors (Lipinski definition) is 14. The average molecular weight is 865 g/mol. The lowest BCUT2D eigenvalue weighted by molar-refractivity contribution is -0.219. The number of aliphatic hydroxyl groups is 3. The summed E-state index contributed by atoms with van der Waals surface area (Å²) in [5.41, 5.74) is -0.683. The van der Waals surface area contributed by atoms with Crippen molar-refractivity contribution < 1.29 is 90.4 Å². The number of ether oxygens (including phenoxy) is 4. The maximum absolute atomic E-state index is 12.7. The van der Waals surface area contributed by atoms with E-state index in [0.29, 0.717) is 0 Å². The highest BCUT2D eigenvalue weighted by atomic mass is 16.7. The smallest absolute Gasteiger partial charge is 0.305 e. The van der Waals surface area contributed by atoms with Gasteiger partial charge in [-0.05, 0) is 53.6 Å². The predicted octanol–water partition coefficient (Wildman–Crippen LogP) is 4.24. The molecule has 0 radical (unpaired) electrons. The number of phenolic OH excluding ortho intramolecular Hbond substituents is 11. The van der Waals surface area contributed by atoms with E-state index in [4.69, 9.17) is 18.9 Å². The molecule has 0 aromatic heterocycles. The SMILES string of the molecule is Oc1cc(O)c2c(c1)O[C@H](c1ccc(O)c(O)c1)[C@H](O)[C@@H]2c1c(O)cc2c(c1O)[C@@H]1c3c(cc(O)c4c3O[C@H](c3ccc(O)c(O)c3)[C@@H](O)C4)O[C@](c3ccc(O)c(O)c3)(O2)[C@@H]1O. The van der Waals surface area contributed by atoms with Crippen LogP contribution in [0.3, 0.4) is 0 Å². The van der Waals surface area contributed by atoms with Gasteiger partial charge in [0, 0.05) is 64.1 Å². The number of aliphatic hydroxyl groups excluding tert-OH is 3. The molecule has 14 N–H and O–H groups in total. The lowest BCUT2D eigenvalue weighted by Gasteiger charge is -2.51. The zero-order chi connectivity index (χ0) is 44.5. The lowest BCUT2D eigenvalue weighted by Crippen LogP contribution is -2.57. The first kappa shape index (κ1) is 39.3. The third kappa shape index (κ3) is 5.68. The predicted molar refractivity (Wildman–Crippen MR) is 212 cm³/mol. The van der Waals surface area contributed by atoms with Gasteiger partial charge in [-0.15, -0.1) is 0 Å². The second-order valence-corrected chi connectivity index (χ2v) is 15.9. The van der Waals surface area contributed by atoms with E-state index in [0.717, 1.165) is 48.5 Å². The van der Waals surface area contributed by atoms with Gasteiger partial charge in [0.25, 0.3) is 0 Å². The third-order valence-electron chi connectivity index (χ3n) is 12.2.